The van der Waals surface area contributed by atoms with E-state index in [1.54, 1.807) is 0 Å². The molecule has 0 aliphatic rings. The van der Waals surface area contributed by atoms with E-state index in [2.05, 4.69) is 58.0 Å². The Labute approximate surface area is 224 Å². The van der Waals surface area contributed by atoms with Crippen LogP contribution in [0.2, 0.25) is 0 Å². The number of aromatic nitrogens is 1. The largest absolute Gasteiger partial charge is 0.491 e. The number of rotatable bonds is 8. The summed E-state index contributed by atoms with van der Waals surface area (Å²) in [7, 11) is 0. The Bertz CT molecular complexity index is 1370. The zero-order chi connectivity index (χ0) is 26.4. The summed E-state index contributed by atoms with van der Waals surface area (Å²) < 4.78 is 5.83. The normalized spacial score (nSPS) is 12.1. The standard InChI is InChI=1S/C32H32N2O2S/c1-22-10-12-24(13-11-22)30-18-28(23-8-6-5-7-9-23)29(19-33)31(34-30)37-21-26(35)20-36-27-16-14-25(15-17-27)32(2,3)4/h5-18,26,35H,20-21H2,1-4H3. The average Bonchev–Trinajstić information content (AvgIpc) is 2.90. The lowest BCUT2D eigenvalue weighted by atomic mass is 9.87. The lowest BCUT2D eigenvalue weighted by molar-refractivity contribution is 0.126. The summed E-state index contributed by atoms with van der Waals surface area (Å²) in [6.45, 7) is 8.72. The molecular formula is C32H32N2O2S. The zero-order valence-electron chi connectivity index (χ0n) is 21.7. The predicted octanol–water partition coefficient (Wildman–Crippen LogP) is 7.43. The highest BCUT2D eigenvalue weighted by atomic mass is 32.2. The van der Waals surface area contributed by atoms with E-state index >= 15 is 0 Å². The van der Waals surface area contributed by atoms with E-state index in [4.69, 9.17) is 9.72 Å². The molecule has 37 heavy (non-hydrogen) atoms. The summed E-state index contributed by atoms with van der Waals surface area (Å²) in [5.74, 6) is 1.08. The molecule has 4 aromatic rings. The number of aryl methyl sites for hydroxylation is 1. The third-order valence-corrected chi connectivity index (χ3v) is 7.23. The van der Waals surface area contributed by atoms with Crippen LogP contribution in [0.5, 0.6) is 5.75 Å². The van der Waals surface area contributed by atoms with Gasteiger partial charge in [-0.2, -0.15) is 5.26 Å². The molecule has 3 aromatic carbocycles. The highest BCUT2D eigenvalue weighted by molar-refractivity contribution is 7.99. The van der Waals surface area contributed by atoms with Gasteiger partial charge in [-0.1, -0.05) is 93.1 Å². The van der Waals surface area contributed by atoms with Gasteiger partial charge in [0.15, 0.2) is 0 Å². The Kier molecular flexibility index (Phi) is 8.33. The maximum atomic E-state index is 10.7. The molecule has 0 saturated heterocycles. The molecule has 0 radical (unpaired) electrons. The lowest BCUT2D eigenvalue weighted by Crippen LogP contribution is -2.20. The van der Waals surface area contributed by atoms with Crippen molar-refractivity contribution in [1.29, 1.82) is 5.26 Å². The lowest BCUT2D eigenvalue weighted by Gasteiger charge is -2.19. The van der Waals surface area contributed by atoms with E-state index < -0.39 is 6.10 Å². The number of benzene rings is 3. The maximum absolute atomic E-state index is 10.7. The maximum Gasteiger partial charge on any atom is 0.119 e. The third-order valence-electron chi connectivity index (χ3n) is 6.11. The molecule has 4 rings (SSSR count). The SMILES string of the molecule is Cc1ccc(-c2cc(-c3ccccc3)c(C#N)c(SCC(O)COc3ccc(C(C)(C)C)cc3)n2)cc1. The van der Waals surface area contributed by atoms with E-state index in [-0.39, 0.29) is 12.0 Å². The van der Waals surface area contributed by atoms with Crippen molar-refractivity contribution in [3.8, 4) is 34.2 Å². The molecule has 4 nitrogen and oxygen atoms in total. The van der Waals surface area contributed by atoms with E-state index in [0.29, 0.717) is 16.3 Å². The van der Waals surface area contributed by atoms with Gasteiger partial charge in [0, 0.05) is 16.9 Å². The van der Waals surface area contributed by atoms with Gasteiger partial charge in [0.2, 0.25) is 0 Å². The van der Waals surface area contributed by atoms with E-state index in [9.17, 15) is 10.4 Å². The van der Waals surface area contributed by atoms with Gasteiger partial charge >= 0.3 is 0 Å². The summed E-state index contributed by atoms with van der Waals surface area (Å²) in [6, 6.07) is 30.4. The van der Waals surface area contributed by atoms with Crippen molar-refractivity contribution >= 4 is 11.8 Å². The quantitative estimate of drug-likeness (QED) is 0.251. The molecule has 1 atom stereocenters. The Balaban J connectivity index is 1.54. The molecule has 0 fully saturated rings. The van der Waals surface area contributed by atoms with Crippen molar-refractivity contribution in [2.45, 2.75) is 44.2 Å². The van der Waals surface area contributed by atoms with Crippen LogP contribution >= 0.6 is 11.8 Å². The van der Waals surface area contributed by atoms with Crippen molar-refractivity contribution in [3.63, 3.8) is 0 Å². The van der Waals surface area contributed by atoms with Crippen LogP contribution in [0.3, 0.4) is 0 Å². The van der Waals surface area contributed by atoms with Crippen LogP contribution in [0.4, 0.5) is 0 Å². The first-order chi connectivity index (χ1) is 17.7. The smallest absolute Gasteiger partial charge is 0.119 e. The molecule has 0 aliphatic heterocycles. The van der Waals surface area contributed by atoms with Gasteiger partial charge < -0.3 is 9.84 Å². The van der Waals surface area contributed by atoms with Crippen molar-refractivity contribution in [2.75, 3.05) is 12.4 Å². The Morgan fingerprint density at radius 3 is 2.24 bits per heavy atom. The second kappa shape index (κ2) is 11.6. The molecule has 1 aromatic heterocycles. The van der Waals surface area contributed by atoms with Gasteiger partial charge in [-0.15, -0.1) is 11.8 Å². The summed E-state index contributed by atoms with van der Waals surface area (Å²) in [6.07, 6.45) is -0.719. The topological polar surface area (TPSA) is 66.1 Å². The molecule has 0 saturated carbocycles. The fourth-order valence-electron chi connectivity index (χ4n) is 3.92. The van der Waals surface area contributed by atoms with Gasteiger partial charge in [0.1, 0.15) is 23.5 Å². The van der Waals surface area contributed by atoms with E-state index in [0.717, 1.165) is 28.1 Å². The van der Waals surface area contributed by atoms with Crippen molar-refractivity contribution < 1.29 is 9.84 Å². The van der Waals surface area contributed by atoms with Crippen molar-refractivity contribution in [1.82, 2.24) is 4.98 Å². The van der Waals surface area contributed by atoms with Gasteiger partial charge in [-0.05, 0) is 41.7 Å². The first-order valence-corrected chi connectivity index (χ1v) is 13.3. The highest BCUT2D eigenvalue weighted by Gasteiger charge is 2.18. The Morgan fingerprint density at radius 2 is 1.62 bits per heavy atom. The molecule has 1 heterocycles. The third kappa shape index (κ3) is 6.80. The van der Waals surface area contributed by atoms with Crippen LogP contribution in [0.15, 0.2) is 90.0 Å². The van der Waals surface area contributed by atoms with Crippen LogP contribution in [-0.2, 0) is 5.41 Å². The first-order valence-electron chi connectivity index (χ1n) is 12.4. The number of nitriles is 1. The minimum Gasteiger partial charge on any atom is -0.491 e. The van der Waals surface area contributed by atoms with Crippen LogP contribution in [0.25, 0.3) is 22.4 Å². The second-order valence-electron chi connectivity index (χ2n) is 10.1. The molecule has 0 aliphatic carbocycles. The molecule has 1 N–H and O–H groups in total. The number of hydrogen-bond donors (Lipinski definition) is 1. The Hall–Kier alpha value is -3.59. The van der Waals surface area contributed by atoms with Crippen molar-refractivity contribution in [3.05, 3.63) is 102 Å². The van der Waals surface area contributed by atoms with Crippen LogP contribution in [0, 0.1) is 18.3 Å². The highest BCUT2D eigenvalue weighted by Crippen LogP contribution is 2.34. The predicted molar refractivity (Wildman–Crippen MR) is 152 cm³/mol. The first kappa shape index (κ1) is 26.5. The number of ether oxygens (including phenoxy) is 1. The van der Waals surface area contributed by atoms with Crippen molar-refractivity contribution in [2.24, 2.45) is 0 Å². The van der Waals surface area contributed by atoms with E-state index in [1.165, 1.54) is 22.9 Å². The Morgan fingerprint density at radius 1 is 0.946 bits per heavy atom. The number of aliphatic hydroxyl groups is 1. The van der Waals surface area contributed by atoms with Gasteiger partial charge in [-0.3, -0.25) is 0 Å². The van der Waals surface area contributed by atoms with Crippen LogP contribution in [-0.4, -0.2) is 28.6 Å². The number of thioether (sulfide) groups is 1. The minimum absolute atomic E-state index is 0.0753. The second-order valence-corrected chi connectivity index (χ2v) is 11.1. The fraction of sp³-hybridized carbons (Fsp3) is 0.250. The molecule has 0 spiro atoms. The fourth-order valence-corrected chi connectivity index (χ4v) is 4.83. The molecule has 0 amide bonds. The number of nitrogens with zero attached hydrogens (tertiary/aromatic N) is 2. The summed E-state index contributed by atoms with van der Waals surface area (Å²) in [4.78, 5) is 4.84. The monoisotopic (exact) mass is 508 g/mol. The summed E-state index contributed by atoms with van der Waals surface area (Å²) in [5.41, 5.74) is 6.56. The van der Waals surface area contributed by atoms with Gasteiger partial charge in [0.05, 0.1) is 17.4 Å². The summed E-state index contributed by atoms with van der Waals surface area (Å²) >= 11 is 1.38. The number of hydrogen-bond acceptors (Lipinski definition) is 5. The van der Waals surface area contributed by atoms with Crippen LogP contribution in [0.1, 0.15) is 37.5 Å². The molecule has 0 bridgehead atoms. The van der Waals surface area contributed by atoms with Gasteiger partial charge in [-0.25, -0.2) is 4.98 Å². The zero-order valence-corrected chi connectivity index (χ0v) is 22.5. The van der Waals surface area contributed by atoms with Crippen LogP contribution < -0.4 is 4.74 Å². The number of aliphatic hydroxyl groups excluding tert-OH is 1. The summed E-state index contributed by atoms with van der Waals surface area (Å²) in [5, 5.41) is 21.3. The minimum atomic E-state index is -0.719. The molecular weight excluding hydrogens is 476 g/mol. The molecule has 188 valence electrons. The molecule has 5 heteroatoms. The average molecular weight is 509 g/mol. The van der Waals surface area contributed by atoms with Gasteiger partial charge in [0.25, 0.3) is 0 Å². The molecule has 1 unspecified atom stereocenters. The number of pyridine rings is 1. The van der Waals surface area contributed by atoms with E-state index in [1.807, 2.05) is 60.7 Å².